The molecule has 200 valence electrons. The van der Waals surface area contributed by atoms with Crippen molar-refractivity contribution in [2.75, 3.05) is 32.5 Å². The minimum atomic E-state index is -0.313. The van der Waals surface area contributed by atoms with Gasteiger partial charge in [-0.05, 0) is 69.9 Å². The molecule has 0 aliphatic rings. The second-order valence-electron chi connectivity index (χ2n) is 9.99. The Morgan fingerprint density at radius 3 is 2.74 bits per heavy atom. The van der Waals surface area contributed by atoms with Crippen molar-refractivity contribution in [3.63, 3.8) is 0 Å². The number of allylic oxidation sites excluding steroid dienone is 2. The van der Waals surface area contributed by atoms with Crippen LogP contribution in [0, 0.1) is 12.7 Å². The number of rotatable bonds is 8. The van der Waals surface area contributed by atoms with Crippen molar-refractivity contribution in [2.45, 2.75) is 13.8 Å². The number of anilines is 1. The summed E-state index contributed by atoms with van der Waals surface area (Å²) in [5.74, 6) is 0.647. The number of H-pyrrole nitrogens is 2. The van der Waals surface area contributed by atoms with Crippen LogP contribution in [-0.4, -0.2) is 61.8 Å². The molecule has 0 spiro atoms. The molecule has 1 aromatic carbocycles. The molecule has 0 amide bonds. The molecule has 8 nitrogen and oxygen atoms in total. The topological polar surface area (TPSA) is 90.4 Å². The summed E-state index contributed by atoms with van der Waals surface area (Å²) in [4.78, 5) is 14.5. The van der Waals surface area contributed by atoms with Gasteiger partial charge >= 0.3 is 0 Å². The molecule has 0 aliphatic carbocycles. The number of nitrogens with one attached hydrogen (secondary N) is 3. The summed E-state index contributed by atoms with van der Waals surface area (Å²) in [5, 5.41) is 13.4. The molecular weight excluding hydrogens is 491 g/mol. The smallest absolute Gasteiger partial charge is 0.125 e. The third kappa shape index (κ3) is 5.39. The summed E-state index contributed by atoms with van der Waals surface area (Å²) in [6.07, 6.45) is 7.61. The lowest BCUT2D eigenvalue weighted by molar-refractivity contribution is 0.425. The van der Waals surface area contributed by atoms with Crippen LogP contribution in [0.15, 0.2) is 48.8 Å². The zero-order chi connectivity index (χ0) is 27.7. The molecule has 0 radical (unpaired) electrons. The van der Waals surface area contributed by atoms with Crippen molar-refractivity contribution < 1.29 is 4.39 Å². The first-order valence-corrected chi connectivity index (χ1v) is 12.8. The van der Waals surface area contributed by atoms with E-state index in [2.05, 4.69) is 53.4 Å². The van der Waals surface area contributed by atoms with Crippen LogP contribution in [0.25, 0.3) is 51.8 Å². The number of halogens is 1. The number of benzene rings is 1. The maximum Gasteiger partial charge on any atom is 0.125 e. The monoisotopic (exact) mass is 524 g/mol. The molecule has 5 aromatic rings. The second kappa shape index (κ2) is 10.7. The molecule has 4 heterocycles. The van der Waals surface area contributed by atoms with Crippen LogP contribution >= 0.6 is 0 Å². The van der Waals surface area contributed by atoms with E-state index in [4.69, 9.17) is 0 Å². The average molecular weight is 525 g/mol. The largest absolute Gasteiger partial charge is 0.384 e. The Morgan fingerprint density at radius 1 is 1.18 bits per heavy atom. The number of aromatic amines is 2. The van der Waals surface area contributed by atoms with Gasteiger partial charge in [-0.2, -0.15) is 5.10 Å². The van der Waals surface area contributed by atoms with E-state index in [1.54, 1.807) is 6.20 Å². The van der Waals surface area contributed by atoms with Gasteiger partial charge in [0.15, 0.2) is 0 Å². The normalized spacial score (nSPS) is 12.7. The molecule has 4 aromatic heterocycles. The fourth-order valence-electron chi connectivity index (χ4n) is 4.57. The summed E-state index contributed by atoms with van der Waals surface area (Å²) in [6, 6.07) is 8.85. The Morgan fingerprint density at radius 2 is 2.00 bits per heavy atom. The van der Waals surface area contributed by atoms with Crippen LogP contribution in [0.5, 0.6) is 0 Å². The summed E-state index contributed by atoms with van der Waals surface area (Å²) in [5.41, 5.74) is 6.67. The van der Waals surface area contributed by atoms with Gasteiger partial charge in [0, 0.05) is 53.7 Å². The maximum atomic E-state index is 14.6. The van der Waals surface area contributed by atoms with Crippen LogP contribution in [0.3, 0.4) is 0 Å². The highest BCUT2D eigenvalue weighted by Gasteiger charge is 2.14. The van der Waals surface area contributed by atoms with Gasteiger partial charge in [-0.3, -0.25) is 10.1 Å². The number of pyridine rings is 1. The van der Waals surface area contributed by atoms with Crippen LogP contribution in [0.2, 0.25) is 0 Å². The van der Waals surface area contributed by atoms with E-state index < -0.39 is 0 Å². The molecule has 39 heavy (non-hydrogen) atoms. The Balaban J connectivity index is 1.48. The number of aryl methyl sites for hydroxylation is 1. The Bertz CT molecular complexity index is 1790. The SMILES string of the molecule is C=c1c(-c2cc3c(-c4cc(F)cc(NCCN(C)C)c4)nccc3[nH]2)n[nH]/c1=C/C=C(\C)c1cnc(C)n1C. The van der Waals surface area contributed by atoms with Crippen molar-refractivity contribution in [3.8, 4) is 22.6 Å². The minimum absolute atomic E-state index is 0.313. The van der Waals surface area contributed by atoms with Gasteiger partial charge < -0.3 is 19.8 Å². The number of hydrogen-bond donors (Lipinski definition) is 3. The molecule has 0 unspecified atom stereocenters. The Labute approximate surface area is 226 Å². The fourth-order valence-corrected chi connectivity index (χ4v) is 4.57. The highest BCUT2D eigenvalue weighted by Crippen LogP contribution is 2.31. The first-order valence-electron chi connectivity index (χ1n) is 12.8. The van der Waals surface area contributed by atoms with E-state index in [-0.39, 0.29) is 5.82 Å². The lowest BCUT2D eigenvalue weighted by Crippen LogP contribution is -2.21. The van der Waals surface area contributed by atoms with Gasteiger partial charge in [0.1, 0.15) is 17.3 Å². The fraction of sp³-hybridized carbons (Fsp3) is 0.233. The number of imidazole rings is 1. The zero-order valence-electron chi connectivity index (χ0n) is 22.9. The van der Waals surface area contributed by atoms with Gasteiger partial charge in [-0.1, -0.05) is 12.7 Å². The number of fused-ring (bicyclic) bond motifs is 1. The summed E-state index contributed by atoms with van der Waals surface area (Å²) < 4.78 is 16.6. The highest BCUT2D eigenvalue weighted by molar-refractivity contribution is 5.96. The molecular formula is C30H33FN8. The minimum Gasteiger partial charge on any atom is -0.384 e. The Kier molecular flexibility index (Phi) is 7.17. The summed E-state index contributed by atoms with van der Waals surface area (Å²) >= 11 is 0. The molecule has 0 fully saturated rings. The molecule has 0 aliphatic heterocycles. The average Bonchev–Trinajstić information content (AvgIpc) is 3.58. The van der Waals surface area contributed by atoms with E-state index in [9.17, 15) is 4.39 Å². The Hall–Kier alpha value is -4.50. The van der Waals surface area contributed by atoms with E-state index in [1.165, 1.54) is 12.1 Å². The van der Waals surface area contributed by atoms with Crippen molar-refractivity contribution in [3.05, 3.63) is 76.7 Å². The molecule has 5 rings (SSSR count). The van der Waals surface area contributed by atoms with Crippen LogP contribution in [-0.2, 0) is 7.05 Å². The lowest BCUT2D eigenvalue weighted by atomic mass is 10.1. The van der Waals surface area contributed by atoms with Crippen LogP contribution in [0.4, 0.5) is 10.1 Å². The van der Waals surface area contributed by atoms with Crippen molar-refractivity contribution in [2.24, 2.45) is 7.05 Å². The quantitative estimate of drug-likeness (QED) is 0.285. The lowest BCUT2D eigenvalue weighted by Gasteiger charge is -2.12. The third-order valence-corrected chi connectivity index (χ3v) is 6.89. The van der Waals surface area contributed by atoms with E-state index >= 15 is 0 Å². The molecule has 0 saturated heterocycles. The highest BCUT2D eigenvalue weighted by atomic mass is 19.1. The molecule has 9 heteroatoms. The zero-order valence-corrected chi connectivity index (χ0v) is 22.9. The molecule has 0 bridgehead atoms. The van der Waals surface area contributed by atoms with Crippen LogP contribution < -0.4 is 15.9 Å². The van der Waals surface area contributed by atoms with Crippen LogP contribution in [0.1, 0.15) is 18.4 Å². The van der Waals surface area contributed by atoms with Gasteiger partial charge in [0.25, 0.3) is 0 Å². The summed E-state index contributed by atoms with van der Waals surface area (Å²) in [6.45, 7) is 9.86. The molecule has 0 atom stereocenters. The maximum absolute atomic E-state index is 14.6. The molecule has 0 saturated carbocycles. The van der Waals surface area contributed by atoms with Gasteiger partial charge in [0.05, 0.1) is 28.6 Å². The molecule has 3 N–H and O–H groups in total. The van der Waals surface area contributed by atoms with E-state index in [0.29, 0.717) is 17.8 Å². The van der Waals surface area contributed by atoms with Gasteiger partial charge in [-0.15, -0.1) is 0 Å². The number of aromatic nitrogens is 6. The second-order valence-corrected chi connectivity index (χ2v) is 9.99. The number of likely N-dealkylation sites (N-methyl/N-ethyl adjacent to an activating group) is 1. The van der Waals surface area contributed by atoms with Crippen molar-refractivity contribution in [1.29, 1.82) is 0 Å². The summed E-state index contributed by atoms with van der Waals surface area (Å²) in [7, 11) is 6.01. The predicted molar refractivity (Wildman–Crippen MR) is 157 cm³/mol. The third-order valence-electron chi connectivity index (χ3n) is 6.89. The van der Waals surface area contributed by atoms with E-state index in [1.807, 2.05) is 64.6 Å². The number of hydrogen-bond acceptors (Lipinski definition) is 5. The van der Waals surface area contributed by atoms with Gasteiger partial charge in [0.2, 0.25) is 0 Å². The first-order chi connectivity index (χ1) is 18.7. The first kappa shape index (κ1) is 26.1. The number of nitrogens with zero attached hydrogens (tertiary/aromatic N) is 5. The predicted octanol–water partition coefficient (Wildman–Crippen LogP) is 4.07. The standard InChI is InChI=1S/C30H33FN8/c1-18(28-17-34-20(3)39(28)6)7-8-25-19(2)29(37-36-25)27-16-24-26(35-27)9-10-33-30(24)21-13-22(31)15-23(14-21)32-11-12-38(4)5/h7-10,13-17,32,35-36H,2,11-12H2,1,3-6H3/b18-7+,25-8+. The van der Waals surface area contributed by atoms with Gasteiger partial charge in [-0.25, -0.2) is 9.37 Å². The van der Waals surface area contributed by atoms with Crippen molar-refractivity contribution >= 4 is 34.8 Å². The van der Waals surface area contributed by atoms with Crippen molar-refractivity contribution in [1.82, 2.24) is 34.6 Å². The van der Waals surface area contributed by atoms with E-state index in [0.717, 1.165) is 62.2 Å².